The fourth-order valence-electron chi connectivity index (χ4n) is 2.00. The van der Waals surface area contributed by atoms with Gasteiger partial charge in [-0.3, -0.25) is 14.6 Å². The number of rotatable bonds is 7. The third kappa shape index (κ3) is 5.42. The Kier molecular flexibility index (Phi) is 7.18. The van der Waals surface area contributed by atoms with Gasteiger partial charge >= 0.3 is 0 Å². The summed E-state index contributed by atoms with van der Waals surface area (Å²) < 4.78 is 4.92. The predicted octanol–water partition coefficient (Wildman–Crippen LogP) is 3.41. The predicted molar refractivity (Wildman–Crippen MR) is 97.5 cm³/mol. The van der Waals surface area contributed by atoms with Crippen molar-refractivity contribution in [1.29, 1.82) is 0 Å². The molecule has 0 unspecified atom stereocenters. The summed E-state index contributed by atoms with van der Waals surface area (Å²) >= 11 is 12.0. The topological polar surface area (TPSA) is 80.3 Å². The van der Waals surface area contributed by atoms with Crippen LogP contribution in [0, 0.1) is 0 Å². The highest BCUT2D eigenvalue weighted by molar-refractivity contribution is 6.44. The van der Waals surface area contributed by atoms with Gasteiger partial charge in [-0.25, -0.2) is 0 Å². The van der Waals surface area contributed by atoms with Gasteiger partial charge in [-0.1, -0.05) is 29.3 Å². The average molecular weight is 382 g/mol. The van der Waals surface area contributed by atoms with Gasteiger partial charge in [-0.2, -0.15) is 0 Å². The monoisotopic (exact) mass is 381 g/mol. The van der Waals surface area contributed by atoms with Crippen molar-refractivity contribution in [3.63, 3.8) is 0 Å². The molecule has 132 valence electrons. The Morgan fingerprint density at radius 2 is 2.00 bits per heavy atom. The van der Waals surface area contributed by atoms with E-state index in [4.69, 9.17) is 27.9 Å². The average Bonchev–Trinajstić information content (AvgIpc) is 2.62. The van der Waals surface area contributed by atoms with E-state index in [2.05, 4.69) is 15.6 Å². The number of amides is 2. The lowest BCUT2D eigenvalue weighted by Gasteiger charge is -2.09. The van der Waals surface area contributed by atoms with Crippen LogP contribution in [0.2, 0.25) is 10.0 Å². The molecule has 8 heteroatoms. The van der Waals surface area contributed by atoms with Crippen molar-refractivity contribution in [1.82, 2.24) is 10.3 Å². The van der Waals surface area contributed by atoms with Crippen molar-refractivity contribution in [2.24, 2.45) is 0 Å². The Hall–Kier alpha value is -2.15. The zero-order valence-corrected chi connectivity index (χ0v) is 15.0. The molecule has 1 heterocycles. The van der Waals surface area contributed by atoms with Crippen molar-refractivity contribution in [2.45, 2.75) is 6.42 Å². The van der Waals surface area contributed by atoms with Crippen LogP contribution in [0.25, 0.3) is 0 Å². The maximum Gasteiger partial charge on any atom is 0.274 e. The largest absolute Gasteiger partial charge is 0.385 e. The molecule has 0 atom stereocenters. The van der Waals surface area contributed by atoms with Crippen molar-refractivity contribution in [2.75, 3.05) is 25.6 Å². The third-order valence-electron chi connectivity index (χ3n) is 3.27. The molecule has 0 aliphatic rings. The molecule has 25 heavy (non-hydrogen) atoms. The first-order chi connectivity index (χ1) is 12.0. The van der Waals surface area contributed by atoms with E-state index in [9.17, 15) is 9.59 Å². The van der Waals surface area contributed by atoms with Gasteiger partial charge in [0.2, 0.25) is 0 Å². The molecule has 2 aromatic rings. The Morgan fingerprint density at radius 1 is 1.20 bits per heavy atom. The first-order valence-electron chi connectivity index (χ1n) is 7.51. The third-order valence-corrected chi connectivity index (χ3v) is 4.08. The van der Waals surface area contributed by atoms with Gasteiger partial charge in [0.25, 0.3) is 11.8 Å². The Morgan fingerprint density at radius 3 is 2.76 bits per heavy atom. The van der Waals surface area contributed by atoms with Crippen LogP contribution in [-0.4, -0.2) is 37.1 Å². The van der Waals surface area contributed by atoms with E-state index in [1.54, 1.807) is 25.3 Å². The number of carbonyl (C=O) groups is 2. The van der Waals surface area contributed by atoms with Gasteiger partial charge in [-0.05, 0) is 30.7 Å². The van der Waals surface area contributed by atoms with Crippen molar-refractivity contribution in [3.8, 4) is 0 Å². The van der Waals surface area contributed by atoms with Crippen LogP contribution in [0.3, 0.4) is 0 Å². The summed E-state index contributed by atoms with van der Waals surface area (Å²) in [6.45, 7) is 1.04. The second kappa shape index (κ2) is 9.36. The van der Waals surface area contributed by atoms with Crippen LogP contribution < -0.4 is 10.6 Å². The van der Waals surface area contributed by atoms with E-state index in [-0.39, 0.29) is 16.6 Å². The summed E-state index contributed by atoms with van der Waals surface area (Å²) in [5.74, 6) is -0.772. The number of nitrogens with zero attached hydrogens (tertiary/aromatic N) is 1. The molecular formula is C17H17Cl2N3O3. The summed E-state index contributed by atoms with van der Waals surface area (Å²) in [5.41, 5.74) is 0.811. The Bertz CT molecular complexity index is 769. The van der Waals surface area contributed by atoms with Crippen LogP contribution in [0.15, 0.2) is 36.5 Å². The number of aromatic nitrogens is 1. The molecule has 2 amide bonds. The maximum atomic E-state index is 12.3. The number of nitrogens with one attached hydrogen (secondary N) is 2. The number of carbonyl (C=O) groups excluding carboxylic acids is 2. The number of ether oxygens (including phenoxy) is 1. The zero-order valence-electron chi connectivity index (χ0n) is 13.5. The Balaban J connectivity index is 2.06. The second-order valence-electron chi connectivity index (χ2n) is 5.09. The molecule has 0 radical (unpaired) electrons. The fraction of sp³-hybridized carbons (Fsp3) is 0.235. The number of hydrogen-bond acceptors (Lipinski definition) is 4. The first kappa shape index (κ1) is 19.2. The van der Waals surface area contributed by atoms with Gasteiger partial charge < -0.3 is 15.4 Å². The van der Waals surface area contributed by atoms with Crippen LogP contribution >= 0.6 is 23.2 Å². The molecule has 0 aliphatic carbocycles. The van der Waals surface area contributed by atoms with Crippen LogP contribution in [0.5, 0.6) is 0 Å². The van der Waals surface area contributed by atoms with Gasteiger partial charge in [0, 0.05) is 32.0 Å². The van der Waals surface area contributed by atoms with Crippen LogP contribution in [0.4, 0.5) is 5.69 Å². The molecule has 1 aromatic carbocycles. The number of halogens is 2. The number of pyridine rings is 1. The molecule has 0 bridgehead atoms. The normalized spacial score (nSPS) is 10.4. The molecule has 0 saturated heterocycles. The second-order valence-corrected chi connectivity index (χ2v) is 5.87. The standard InChI is InChI=1S/C17H17Cl2N3O3/c1-25-9-3-7-21-16(23)11-6-8-20-14(10-11)17(24)22-13-5-2-4-12(18)15(13)19/h2,4-6,8,10H,3,7,9H2,1H3,(H,21,23)(H,22,24). The summed E-state index contributed by atoms with van der Waals surface area (Å²) in [5, 5.41) is 5.95. The van der Waals surface area contributed by atoms with Crippen LogP contribution in [0.1, 0.15) is 27.3 Å². The smallest absolute Gasteiger partial charge is 0.274 e. The minimum Gasteiger partial charge on any atom is -0.385 e. The SMILES string of the molecule is COCCCNC(=O)c1ccnc(C(=O)Nc2cccc(Cl)c2Cl)c1. The van der Waals surface area contributed by atoms with Crippen molar-refractivity contribution < 1.29 is 14.3 Å². The number of anilines is 1. The summed E-state index contributed by atoms with van der Waals surface area (Å²) in [7, 11) is 1.60. The molecule has 2 rings (SSSR count). The van der Waals surface area contributed by atoms with E-state index in [0.717, 1.165) is 0 Å². The van der Waals surface area contributed by atoms with E-state index in [1.165, 1.54) is 18.3 Å². The van der Waals surface area contributed by atoms with Gasteiger partial charge in [-0.15, -0.1) is 0 Å². The maximum absolute atomic E-state index is 12.3. The quantitative estimate of drug-likeness (QED) is 0.720. The number of methoxy groups -OCH3 is 1. The van der Waals surface area contributed by atoms with E-state index in [0.29, 0.717) is 35.8 Å². The molecule has 0 fully saturated rings. The lowest BCUT2D eigenvalue weighted by Crippen LogP contribution is -2.25. The molecule has 2 N–H and O–H groups in total. The van der Waals surface area contributed by atoms with Gasteiger partial charge in [0.15, 0.2) is 0 Å². The lowest BCUT2D eigenvalue weighted by molar-refractivity contribution is 0.0948. The minimum atomic E-state index is -0.488. The van der Waals surface area contributed by atoms with E-state index >= 15 is 0 Å². The Labute approximate surface area is 155 Å². The summed E-state index contributed by atoms with van der Waals surface area (Å²) in [6.07, 6.45) is 2.10. The lowest BCUT2D eigenvalue weighted by atomic mass is 10.2. The van der Waals surface area contributed by atoms with Crippen molar-refractivity contribution >= 4 is 40.7 Å². The molecule has 0 aliphatic heterocycles. The first-order valence-corrected chi connectivity index (χ1v) is 8.27. The summed E-state index contributed by atoms with van der Waals surface area (Å²) in [4.78, 5) is 28.4. The fourth-order valence-corrected chi connectivity index (χ4v) is 2.35. The van der Waals surface area contributed by atoms with Crippen molar-refractivity contribution in [3.05, 3.63) is 57.8 Å². The molecule has 0 saturated carbocycles. The van der Waals surface area contributed by atoms with Gasteiger partial charge in [0.05, 0.1) is 15.7 Å². The highest BCUT2D eigenvalue weighted by Gasteiger charge is 2.14. The highest BCUT2D eigenvalue weighted by atomic mass is 35.5. The summed E-state index contributed by atoms with van der Waals surface area (Å²) in [6, 6.07) is 7.86. The van der Waals surface area contributed by atoms with Crippen LogP contribution in [-0.2, 0) is 4.74 Å². The molecular weight excluding hydrogens is 365 g/mol. The molecule has 0 spiro atoms. The van der Waals surface area contributed by atoms with E-state index < -0.39 is 5.91 Å². The highest BCUT2D eigenvalue weighted by Crippen LogP contribution is 2.29. The zero-order chi connectivity index (χ0) is 18.2. The minimum absolute atomic E-state index is 0.0978. The van der Waals surface area contributed by atoms with E-state index in [1.807, 2.05) is 0 Å². The number of hydrogen-bond donors (Lipinski definition) is 2. The molecule has 6 nitrogen and oxygen atoms in total. The number of benzene rings is 1. The molecule has 1 aromatic heterocycles. The van der Waals surface area contributed by atoms with Gasteiger partial charge in [0.1, 0.15) is 5.69 Å².